The van der Waals surface area contributed by atoms with E-state index in [-0.39, 0.29) is 45.5 Å². The van der Waals surface area contributed by atoms with E-state index in [4.69, 9.17) is 34.3 Å². The summed E-state index contributed by atoms with van der Waals surface area (Å²) in [6.45, 7) is 12.2. The van der Waals surface area contributed by atoms with Crippen LogP contribution in [-0.2, 0) is 49.5 Å². The normalized spacial score (nSPS) is 17.5. The summed E-state index contributed by atoms with van der Waals surface area (Å²) in [5.74, 6) is -2.65. The maximum absolute atomic E-state index is 11.9. The van der Waals surface area contributed by atoms with Crippen molar-refractivity contribution in [2.24, 2.45) is 0 Å². The molecule has 1 aromatic carbocycles. The Morgan fingerprint density at radius 3 is 1.44 bits per heavy atom. The summed E-state index contributed by atoms with van der Waals surface area (Å²) in [7, 11) is 1.00. The van der Waals surface area contributed by atoms with Crippen LogP contribution < -0.4 is 10.6 Å². The van der Waals surface area contributed by atoms with Gasteiger partial charge in [0.15, 0.2) is 0 Å². The molecule has 2 atom stereocenters. The fraction of sp³-hybridized carbons (Fsp3) is 0.667. The number of amides is 2. The molecule has 0 saturated carbocycles. The van der Waals surface area contributed by atoms with Gasteiger partial charge < -0.3 is 44.9 Å². The molecule has 3 saturated heterocycles. The van der Waals surface area contributed by atoms with Crippen LogP contribution in [0.3, 0.4) is 0 Å². The number of aliphatic hydroxyl groups excluding tert-OH is 1. The van der Waals surface area contributed by atoms with Crippen LogP contribution in [0.4, 0.5) is 0 Å². The zero-order chi connectivity index (χ0) is 36.4. The van der Waals surface area contributed by atoms with Gasteiger partial charge in [-0.15, -0.1) is 0 Å². The molecule has 0 aliphatic carbocycles. The number of carbonyl (C=O) groups excluding carboxylic acids is 3. The summed E-state index contributed by atoms with van der Waals surface area (Å²) in [4.78, 5) is 61.6. The maximum Gasteiger partial charge on any atom is 0.328 e. The van der Waals surface area contributed by atoms with Crippen LogP contribution in [0.1, 0.15) is 26.8 Å². The first-order valence-corrected chi connectivity index (χ1v) is 16.1. The topological polar surface area (TPSA) is 217 Å². The molecule has 286 valence electrons. The molecule has 3 aliphatic heterocycles. The van der Waals surface area contributed by atoms with E-state index in [0.717, 1.165) is 51.9 Å². The molecule has 3 heterocycles. The van der Waals surface area contributed by atoms with Crippen molar-refractivity contribution in [3.63, 3.8) is 0 Å². The second kappa shape index (κ2) is 28.0. The fourth-order valence-electron chi connectivity index (χ4n) is 4.42. The number of nitrogens with one attached hydrogen (secondary N) is 2. The molecule has 17 nitrogen and oxygen atoms in total. The Hall–Kier alpha value is -3.71. The van der Waals surface area contributed by atoms with E-state index in [1.54, 1.807) is 6.92 Å². The second-order valence-electron chi connectivity index (χ2n) is 11.1. The average molecular weight is 716 g/mol. The first-order chi connectivity index (χ1) is 23.5. The van der Waals surface area contributed by atoms with E-state index in [1.165, 1.54) is 6.92 Å². The van der Waals surface area contributed by atoms with Crippen molar-refractivity contribution in [1.82, 2.24) is 25.3 Å². The van der Waals surface area contributed by atoms with Gasteiger partial charge in [0, 0.05) is 46.4 Å². The van der Waals surface area contributed by atoms with Crippen molar-refractivity contribution in [2.75, 3.05) is 106 Å². The minimum atomic E-state index is -1.02. The Morgan fingerprint density at radius 2 is 1.06 bits per heavy atom. The van der Waals surface area contributed by atoms with Crippen molar-refractivity contribution in [3.05, 3.63) is 35.9 Å². The van der Waals surface area contributed by atoms with Gasteiger partial charge in [0.05, 0.1) is 59.3 Å². The number of carbonyl (C=O) groups is 5. The fourth-order valence-corrected chi connectivity index (χ4v) is 4.42. The molecule has 3 aliphatic rings. The molecular formula is C33H57N5O12. The van der Waals surface area contributed by atoms with E-state index in [0.29, 0.717) is 39.6 Å². The second-order valence-corrected chi connectivity index (χ2v) is 11.1. The summed E-state index contributed by atoms with van der Waals surface area (Å²) in [6.07, 6.45) is 0. The van der Waals surface area contributed by atoms with Crippen molar-refractivity contribution < 1.29 is 58.2 Å². The molecule has 0 spiro atoms. The zero-order valence-corrected chi connectivity index (χ0v) is 28.7. The third kappa shape index (κ3) is 22.1. The van der Waals surface area contributed by atoms with Crippen LogP contribution in [0, 0.1) is 0 Å². The van der Waals surface area contributed by atoms with E-state index in [2.05, 4.69) is 10.6 Å². The highest BCUT2D eigenvalue weighted by molar-refractivity contribution is 5.85. The van der Waals surface area contributed by atoms with E-state index in [1.807, 2.05) is 45.0 Å². The molecule has 3 fully saturated rings. The number of morpholine rings is 3. The number of carboxylic acids is 2. The predicted molar refractivity (Wildman–Crippen MR) is 183 cm³/mol. The molecule has 0 radical (unpaired) electrons. The Labute approximate surface area is 294 Å². The number of benzene rings is 1. The third-order valence-corrected chi connectivity index (χ3v) is 7.11. The van der Waals surface area contributed by atoms with Crippen molar-refractivity contribution in [3.8, 4) is 0 Å². The van der Waals surface area contributed by atoms with Crippen LogP contribution in [0.2, 0.25) is 0 Å². The predicted octanol–water partition coefficient (Wildman–Crippen LogP) is -0.878. The monoisotopic (exact) mass is 715 g/mol. The number of aliphatic carboxylic acids is 2. The molecule has 2 amide bonds. The molecule has 4 rings (SSSR count). The van der Waals surface area contributed by atoms with Gasteiger partial charge in [-0.25, -0.2) is 4.79 Å². The summed E-state index contributed by atoms with van der Waals surface area (Å²) in [6, 6.07) is 7.95. The lowest BCUT2D eigenvalue weighted by Crippen LogP contribution is -2.47. The first-order valence-electron chi connectivity index (χ1n) is 16.1. The van der Waals surface area contributed by atoms with Crippen LogP contribution in [0.25, 0.3) is 0 Å². The van der Waals surface area contributed by atoms with Gasteiger partial charge in [-0.2, -0.15) is 0 Å². The minimum Gasteiger partial charge on any atom is -0.480 e. The zero-order valence-electron chi connectivity index (χ0n) is 28.7. The molecule has 17 heteroatoms. The molecule has 0 unspecified atom stereocenters. The number of carboxylic acid groups (broad SMARTS) is 2. The van der Waals surface area contributed by atoms with Crippen LogP contribution in [-0.4, -0.2) is 177 Å². The van der Waals surface area contributed by atoms with E-state index < -0.39 is 30.0 Å². The molecular weight excluding hydrogens is 658 g/mol. The quantitative estimate of drug-likeness (QED) is 0.166. The van der Waals surface area contributed by atoms with Gasteiger partial charge >= 0.3 is 17.9 Å². The third-order valence-electron chi connectivity index (χ3n) is 7.11. The summed E-state index contributed by atoms with van der Waals surface area (Å²) in [5, 5.41) is 29.0. The van der Waals surface area contributed by atoms with E-state index in [9.17, 15) is 24.0 Å². The van der Waals surface area contributed by atoms with Gasteiger partial charge in [-0.05, 0) is 19.4 Å². The number of hydrogen-bond acceptors (Lipinski definition) is 13. The standard InChI is InChI=1S/C16H22N2O4.C9H16N2O4.C6H11NO3.CH4O.CH4/c1-13(16(20)22-12-14-5-3-2-4-6-14)17-15(19)11-18-7-9-21-10-8-18;1-7(9(13)14)10-8(12)6-11-2-4-15-5-3-11;8-6(9)5-7-1-3-10-4-2-7;1-2;/h2-6,13H,7-12H2,1H3,(H,17,19);7H,2-6H2,1H3,(H,10,12)(H,13,14);1-5H2,(H,8,9);2H,1H3;1H4/t13-;7-;;;/m00.../s1. The number of aliphatic hydroxyl groups is 1. The largest absolute Gasteiger partial charge is 0.480 e. The number of hydrogen-bond donors (Lipinski definition) is 5. The molecule has 50 heavy (non-hydrogen) atoms. The van der Waals surface area contributed by atoms with Gasteiger partial charge in [0.25, 0.3) is 0 Å². The number of nitrogens with zero attached hydrogens (tertiary/aromatic N) is 3. The minimum absolute atomic E-state index is 0. The Kier molecular flexibility index (Phi) is 26.0. The van der Waals surface area contributed by atoms with Crippen LogP contribution >= 0.6 is 0 Å². The van der Waals surface area contributed by atoms with Crippen molar-refractivity contribution in [2.45, 2.75) is 40.0 Å². The lowest BCUT2D eigenvalue weighted by molar-refractivity contribution is -0.148. The first kappa shape index (κ1) is 46.3. The average Bonchev–Trinajstić information content (AvgIpc) is 3.10. The summed E-state index contributed by atoms with van der Waals surface area (Å²) >= 11 is 0. The number of ether oxygens (including phenoxy) is 4. The highest BCUT2D eigenvalue weighted by Gasteiger charge is 2.20. The number of rotatable bonds is 12. The van der Waals surface area contributed by atoms with Gasteiger partial charge in [0.2, 0.25) is 11.8 Å². The lowest BCUT2D eigenvalue weighted by Gasteiger charge is -2.26. The highest BCUT2D eigenvalue weighted by Crippen LogP contribution is 2.02. The van der Waals surface area contributed by atoms with Gasteiger partial charge in [0.1, 0.15) is 18.7 Å². The SMILES string of the molecule is C.CO.C[C@H](NC(=O)CN1CCOCC1)C(=O)O.C[C@H](NC(=O)CN1CCOCC1)C(=O)OCc1ccccc1.O=C(O)CN1CCOCC1. The van der Waals surface area contributed by atoms with Gasteiger partial charge in [-0.1, -0.05) is 37.8 Å². The Balaban J connectivity index is 0.000000745. The highest BCUT2D eigenvalue weighted by atomic mass is 16.5. The van der Waals surface area contributed by atoms with Crippen LogP contribution in [0.5, 0.6) is 0 Å². The van der Waals surface area contributed by atoms with Crippen molar-refractivity contribution in [1.29, 1.82) is 0 Å². The molecule has 0 aromatic heterocycles. The van der Waals surface area contributed by atoms with Crippen molar-refractivity contribution >= 4 is 29.7 Å². The molecule has 1 aromatic rings. The molecule has 5 N–H and O–H groups in total. The van der Waals surface area contributed by atoms with Crippen LogP contribution in [0.15, 0.2) is 30.3 Å². The number of esters is 1. The summed E-state index contributed by atoms with van der Waals surface area (Å²) in [5.41, 5.74) is 0.919. The summed E-state index contributed by atoms with van der Waals surface area (Å²) < 4.78 is 20.6. The lowest BCUT2D eigenvalue weighted by atomic mass is 10.2. The Bertz CT molecular complexity index is 1100. The van der Waals surface area contributed by atoms with Gasteiger partial charge in [-0.3, -0.25) is 33.9 Å². The molecule has 0 bridgehead atoms. The maximum atomic E-state index is 11.9. The van der Waals surface area contributed by atoms with E-state index >= 15 is 0 Å². The smallest absolute Gasteiger partial charge is 0.328 e. The Morgan fingerprint density at radius 1 is 0.680 bits per heavy atom.